The zero-order chi connectivity index (χ0) is 22.1. The fourth-order valence-electron chi connectivity index (χ4n) is 2.54. The van der Waals surface area contributed by atoms with E-state index in [-0.39, 0.29) is 35.2 Å². The highest BCUT2D eigenvalue weighted by Crippen LogP contribution is 2.40. The lowest BCUT2D eigenvalue weighted by Crippen LogP contribution is -2.42. The number of sulfonamides is 2. The lowest BCUT2D eigenvalue weighted by atomic mass is 10.1. The number of aromatic nitrogens is 5. The van der Waals surface area contributed by atoms with Crippen molar-refractivity contribution in [1.29, 1.82) is 0 Å². The fraction of sp³-hybridized carbons (Fsp3) is 0.231. The molecule has 10 N–H and O–H groups in total. The molecule has 0 saturated carbocycles. The minimum atomic E-state index is -4.58. The first kappa shape index (κ1) is 22.2. The Morgan fingerprint density at radius 3 is 2.50 bits per heavy atom. The number of tetrazole rings is 1. The molecule has 14 nitrogen and oxygen atoms in total. The van der Waals surface area contributed by atoms with Crippen molar-refractivity contribution in [3.05, 3.63) is 18.3 Å². The number of thiazole rings is 1. The van der Waals surface area contributed by atoms with E-state index in [2.05, 4.69) is 30.3 Å². The topological polar surface area (TPSA) is 252 Å². The van der Waals surface area contributed by atoms with Crippen molar-refractivity contribution in [3.63, 3.8) is 0 Å². The minimum absolute atomic E-state index is 0.0183. The normalized spacial score (nSPS) is 13.4. The summed E-state index contributed by atoms with van der Waals surface area (Å²) < 4.78 is 53.0. The Bertz CT molecular complexity index is 1250. The Morgan fingerprint density at radius 2 is 1.97 bits per heavy atom. The summed E-state index contributed by atoms with van der Waals surface area (Å²) in [5.74, 6) is -0.184. The van der Waals surface area contributed by atoms with E-state index in [1.165, 1.54) is 12.3 Å². The molecule has 3 aromatic rings. The molecule has 0 fully saturated rings. The van der Waals surface area contributed by atoms with Crippen LogP contribution in [0.5, 0.6) is 0 Å². The molecule has 162 valence electrons. The molecule has 0 aliphatic carbocycles. The Kier molecular flexibility index (Phi) is 6.13. The van der Waals surface area contributed by atoms with Crippen molar-refractivity contribution in [2.75, 3.05) is 18.8 Å². The van der Waals surface area contributed by atoms with Crippen molar-refractivity contribution in [2.24, 2.45) is 16.6 Å². The van der Waals surface area contributed by atoms with Gasteiger partial charge >= 0.3 is 0 Å². The number of nitrogens with zero attached hydrogens (tertiary/aromatic N) is 4. The quantitative estimate of drug-likeness (QED) is 0.204. The molecule has 1 unspecified atom stereocenters. The summed E-state index contributed by atoms with van der Waals surface area (Å²) in [6.07, 6.45) is 1.40. The summed E-state index contributed by atoms with van der Waals surface area (Å²) in [5, 5.41) is 18.8. The van der Waals surface area contributed by atoms with Crippen molar-refractivity contribution in [1.82, 2.24) is 30.3 Å². The number of anilines is 1. The van der Waals surface area contributed by atoms with Crippen molar-refractivity contribution in [3.8, 4) is 21.8 Å². The molecule has 0 bridgehead atoms. The third-order valence-electron chi connectivity index (χ3n) is 3.89. The highest BCUT2D eigenvalue weighted by Gasteiger charge is 2.32. The van der Waals surface area contributed by atoms with Crippen LogP contribution in [0.3, 0.4) is 0 Å². The van der Waals surface area contributed by atoms with Gasteiger partial charge in [0.2, 0.25) is 25.9 Å². The first-order chi connectivity index (χ1) is 14.0. The largest absolute Gasteiger partial charge is 0.375 e. The van der Waals surface area contributed by atoms with Crippen LogP contribution >= 0.6 is 11.3 Å². The smallest absolute Gasteiger partial charge is 0.241 e. The highest BCUT2D eigenvalue weighted by molar-refractivity contribution is 7.92. The maximum Gasteiger partial charge on any atom is 0.241 e. The lowest BCUT2D eigenvalue weighted by Gasteiger charge is -2.16. The van der Waals surface area contributed by atoms with Gasteiger partial charge in [-0.1, -0.05) is 17.4 Å². The first-order valence-corrected chi connectivity index (χ1v) is 12.0. The number of nitrogens with two attached hydrogens (primary N) is 4. The van der Waals surface area contributed by atoms with Crippen LogP contribution < -0.4 is 27.1 Å². The molecule has 1 aromatic carbocycles. The zero-order valence-corrected chi connectivity index (χ0v) is 17.6. The van der Waals surface area contributed by atoms with Gasteiger partial charge in [-0.05, 0) is 11.3 Å². The summed E-state index contributed by atoms with van der Waals surface area (Å²) in [5.41, 5.74) is 16.8. The van der Waals surface area contributed by atoms with E-state index in [0.29, 0.717) is 4.88 Å². The zero-order valence-electron chi connectivity index (χ0n) is 15.2. The standard InChI is InChI=1S/C13H18N10O4S3/c14-3-6(15)4-19-30(26,27)9-2-1-7(8-5-18-13(16)28-8)10(11(9)29(17,24)25)12-20-22-23-21-12/h1-2,5-6,19H,3-4,14-15H2,(H2,16,18)(H2,17,24,25)(H,20,21,22,23). The lowest BCUT2D eigenvalue weighted by molar-refractivity contribution is 0.563. The third kappa shape index (κ3) is 4.46. The van der Waals surface area contributed by atoms with Gasteiger partial charge in [0.1, 0.15) is 9.79 Å². The van der Waals surface area contributed by atoms with Crippen LogP contribution in [0.2, 0.25) is 0 Å². The van der Waals surface area contributed by atoms with Crippen LogP contribution in [0.1, 0.15) is 0 Å². The van der Waals surface area contributed by atoms with E-state index in [4.69, 9.17) is 22.3 Å². The van der Waals surface area contributed by atoms with E-state index < -0.39 is 35.9 Å². The Labute approximate surface area is 175 Å². The molecular formula is C13H18N10O4S3. The second-order valence-electron chi connectivity index (χ2n) is 6.01. The van der Waals surface area contributed by atoms with Gasteiger partial charge in [0.05, 0.1) is 10.4 Å². The second kappa shape index (κ2) is 8.30. The van der Waals surface area contributed by atoms with Gasteiger partial charge in [0.25, 0.3) is 0 Å². The van der Waals surface area contributed by atoms with Crippen LogP contribution in [0.15, 0.2) is 28.1 Å². The fourth-order valence-corrected chi connectivity index (χ4v) is 5.95. The van der Waals surface area contributed by atoms with Gasteiger partial charge in [-0.3, -0.25) is 0 Å². The highest BCUT2D eigenvalue weighted by atomic mass is 32.2. The number of hydrogen-bond acceptors (Lipinski definition) is 12. The molecule has 30 heavy (non-hydrogen) atoms. The molecule has 17 heteroatoms. The summed E-state index contributed by atoms with van der Waals surface area (Å²) in [6.45, 7) is -0.196. The number of hydrogen-bond donors (Lipinski definition) is 6. The SMILES string of the molecule is NCC(N)CNS(=O)(=O)c1ccc(-c2cnc(N)s2)c(-c2nn[nH]n2)c1S(N)(=O)=O. The van der Waals surface area contributed by atoms with Crippen molar-refractivity contribution >= 4 is 36.5 Å². The maximum absolute atomic E-state index is 12.9. The molecule has 0 aliphatic rings. The number of primary sulfonamides is 1. The third-order valence-corrected chi connectivity index (χ3v) is 7.34. The average molecular weight is 475 g/mol. The van der Waals surface area contributed by atoms with E-state index in [1.807, 2.05) is 0 Å². The number of H-pyrrole nitrogens is 1. The van der Waals surface area contributed by atoms with Gasteiger partial charge in [-0.2, -0.15) is 5.21 Å². The first-order valence-electron chi connectivity index (χ1n) is 8.15. The predicted molar refractivity (Wildman–Crippen MR) is 109 cm³/mol. The Balaban J connectivity index is 2.32. The Hall–Kier alpha value is -2.54. The molecule has 0 spiro atoms. The summed E-state index contributed by atoms with van der Waals surface area (Å²) in [4.78, 5) is 3.07. The van der Waals surface area contributed by atoms with Gasteiger partial charge in [-0.25, -0.2) is 31.7 Å². The number of rotatable bonds is 8. The van der Waals surface area contributed by atoms with Gasteiger partial charge in [0, 0.05) is 30.9 Å². The van der Waals surface area contributed by atoms with E-state index in [0.717, 1.165) is 17.4 Å². The maximum atomic E-state index is 12.9. The molecule has 0 amide bonds. The van der Waals surface area contributed by atoms with Crippen LogP contribution in [0.25, 0.3) is 21.8 Å². The van der Waals surface area contributed by atoms with E-state index in [9.17, 15) is 16.8 Å². The molecule has 2 heterocycles. The molecule has 3 rings (SSSR count). The van der Waals surface area contributed by atoms with Crippen LogP contribution in [-0.4, -0.2) is 61.6 Å². The predicted octanol–water partition coefficient (Wildman–Crippen LogP) is -2.22. The monoisotopic (exact) mass is 474 g/mol. The van der Waals surface area contributed by atoms with Gasteiger partial charge < -0.3 is 17.2 Å². The van der Waals surface area contributed by atoms with Crippen molar-refractivity contribution in [2.45, 2.75) is 15.8 Å². The molecular weight excluding hydrogens is 456 g/mol. The second-order valence-corrected chi connectivity index (χ2v) is 10.3. The molecule has 1 atom stereocenters. The average Bonchev–Trinajstić information content (AvgIpc) is 3.36. The molecule has 2 aromatic heterocycles. The number of aromatic amines is 1. The van der Waals surface area contributed by atoms with Gasteiger partial charge in [0.15, 0.2) is 5.13 Å². The summed E-state index contributed by atoms with van der Waals surface area (Å²) >= 11 is 1.05. The molecule has 0 radical (unpaired) electrons. The Morgan fingerprint density at radius 1 is 1.23 bits per heavy atom. The van der Waals surface area contributed by atoms with E-state index >= 15 is 0 Å². The van der Waals surface area contributed by atoms with Crippen molar-refractivity contribution < 1.29 is 16.8 Å². The number of nitrogens with one attached hydrogen (secondary N) is 2. The van der Waals surface area contributed by atoms with Crippen LogP contribution in [0, 0.1) is 0 Å². The van der Waals surface area contributed by atoms with E-state index in [1.54, 1.807) is 0 Å². The number of nitrogen functional groups attached to an aromatic ring is 1. The molecule has 0 saturated heterocycles. The minimum Gasteiger partial charge on any atom is -0.375 e. The van der Waals surface area contributed by atoms with Crippen LogP contribution in [0.4, 0.5) is 5.13 Å². The number of benzene rings is 1. The molecule has 0 aliphatic heterocycles. The summed E-state index contributed by atoms with van der Waals surface area (Å²) in [6, 6.07) is 1.81. The van der Waals surface area contributed by atoms with Crippen LogP contribution in [-0.2, 0) is 20.0 Å². The summed E-state index contributed by atoms with van der Waals surface area (Å²) in [7, 11) is -8.94. The van der Waals surface area contributed by atoms with Gasteiger partial charge in [-0.15, -0.1) is 10.2 Å².